The van der Waals surface area contributed by atoms with Crippen molar-refractivity contribution >= 4 is 50.9 Å². The van der Waals surface area contributed by atoms with E-state index >= 15 is 0 Å². The van der Waals surface area contributed by atoms with E-state index in [1.807, 2.05) is 0 Å². The Balaban J connectivity index is 1.56. The minimum atomic E-state index is -2.16. The molecule has 214 valence electrons. The molecule has 9 nitrogen and oxygen atoms in total. The van der Waals surface area contributed by atoms with E-state index in [0.717, 1.165) is 28.4 Å². The molecule has 0 N–H and O–H groups in total. The van der Waals surface area contributed by atoms with Gasteiger partial charge in [-0.05, 0) is 37.3 Å². The standard InChI is InChI=1S/C31H19F2N3O6S/c1-15-26(28(39)41-2)43-30(34-15)36-27(38)25-23(24(37)18-13-17(32)11-12-22(18)42-25)31(36)19-8-4-6-10-21(19)35(29(31)40)14-16-7-3-5-9-20(16)33/h3-13H,14H2,1-2H3. The highest BCUT2D eigenvalue weighted by Crippen LogP contribution is 2.55. The van der Waals surface area contributed by atoms with E-state index < -0.39 is 46.1 Å². The first kappa shape index (κ1) is 26.7. The molecule has 0 saturated carbocycles. The van der Waals surface area contributed by atoms with Crippen LogP contribution in [0.3, 0.4) is 0 Å². The number of thiazole rings is 1. The maximum atomic E-state index is 14.9. The number of nitrogens with zero attached hydrogens (tertiary/aromatic N) is 3. The summed E-state index contributed by atoms with van der Waals surface area (Å²) in [5, 5.41) is -0.240. The fourth-order valence-corrected chi connectivity index (χ4v) is 6.89. The van der Waals surface area contributed by atoms with E-state index in [0.29, 0.717) is 5.69 Å². The molecule has 1 atom stereocenters. The van der Waals surface area contributed by atoms with E-state index in [1.165, 1.54) is 36.3 Å². The van der Waals surface area contributed by atoms with Crippen molar-refractivity contribution in [3.8, 4) is 0 Å². The molecule has 2 amide bonds. The third-order valence-electron chi connectivity index (χ3n) is 7.72. The molecule has 43 heavy (non-hydrogen) atoms. The Hall–Kier alpha value is -5.23. The lowest BCUT2D eigenvalue weighted by atomic mass is 9.84. The van der Waals surface area contributed by atoms with Crippen molar-refractivity contribution in [3.63, 3.8) is 0 Å². The summed E-state index contributed by atoms with van der Waals surface area (Å²) >= 11 is 0.807. The van der Waals surface area contributed by atoms with Crippen molar-refractivity contribution in [2.75, 3.05) is 16.9 Å². The number of carbonyl (C=O) groups excluding carboxylic acids is 3. The second-order valence-electron chi connectivity index (χ2n) is 10.0. The largest absolute Gasteiger partial charge is 0.465 e. The highest BCUT2D eigenvalue weighted by atomic mass is 32.1. The van der Waals surface area contributed by atoms with Gasteiger partial charge < -0.3 is 14.1 Å². The van der Waals surface area contributed by atoms with Gasteiger partial charge in [-0.3, -0.25) is 19.3 Å². The summed E-state index contributed by atoms with van der Waals surface area (Å²) in [6, 6.07) is 15.7. The van der Waals surface area contributed by atoms with E-state index in [-0.39, 0.29) is 49.9 Å². The minimum Gasteiger partial charge on any atom is -0.465 e. The van der Waals surface area contributed by atoms with E-state index in [9.17, 15) is 28.0 Å². The predicted molar refractivity (Wildman–Crippen MR) is 152 cm³/mol. The van der Waals surface area contributed by atoms with Crippen molar-refractivity contribution in [1.29, 1.82) is 0 Å². The maximum Gasteiger partial charge on any atom is 0.350 e. The topological polar surface area (TPSA) is 110 Å². The quantitative estimate of drug-likeness (QED) is 0.265. The van der Waals surface area contributed by atoms with Gasteiger partial charge in [0.05, 0.1) is 36.0 Å². The number of fused-ring (bicyclic) bond motifs is 5. The monoisotopic (exact) mass is 599 g/mol. The van der Waals surface area contributed by atoms with Gasteiger partial charge in [0.1, 0.15) is 22.1 Å². The first-order valence-electron chi connectivity index (χ1n) is 13.0. The van der Waals surface area contributed by atoms with Crippen LogP contribution in [0.5, 0.6) is 0 Å². The molecular formula is C31H19F2N3O6S. The summed E-state index contributed by atoms with van der Waals surface area (Å²) in [5.41, 5.74) is -2.33. The van der Waals surface area contributed by atoms with E-state index in [2.05, 4.69) is 4.98 Å². The van der Waals surface area contributed by atoms with Gasteiger partial charge >= 0.3 is 5.97 Å². The third-order valence-corrected chi connectivity index (χ3v) is 8.84. The minimum absolute atomic E-state index is 0.0528. The molecule has 1 unspecified atom stereocenters. The first-order chi connectivity index (χ1) is 20.7. The predicted octanol–water partition coefficient (Wildman–Crippen LogP) is 5.07. The van der Waals surface area contributed by atoms with Gasteiger partial charge in [-0.25, -0.2) is 18.6 Å². The number of aromatic nitrogens is 1. The maximum absolute atomic E-state index is 14.9. The van der Waals surface area contributed by atoms with Crippen LogP contribution in [0.15, 0.2) is 75.9 Å². The fraction of sp³-hybridized carbons (Fsp3) is 0.129. The number of hydrogen-bond donors (Lipinski definition) is 0. The third kappa shape index (κ3) is 3.56. The summed E-state index contributed by atoms with van der Waals surface area (Å²) in [6.07, 6.45) is 0. The molecule has 12 heteroatoms. The molecule has 2 aliphatic heterocycles. The van der Waals surface area contributed by atoms with Crippen LogP contribution >= 0.6 is 11.3 Å². The van der Waals surface area contributed by atoms with Crippen LogP contribution in [0, 0.1) is 18.6 Å². The number of benzene rings is 3. The van der Waals surface area contributed by atoms with Crippen molar-refractivity contribution in [2.24, 2.45) is 0 Å². The number of aryl methyl sites for hydroxylation is 1. The lowest BCUT2D eigenvalue weighted by molar-refractivity contribution is -0.121. The lowest BCUT2D eigenvalue weighted by Crippen LogP contribution is -2.53. The molecule has 0 saturated heterocycles. The zero-order chi connectivity index (χ0) is 30.2. The molecule has 0 aliphatic carbocycles. The molecular weight excluding hydrogens is 580 g/mol. The zero-order valence-electron chi connectivity index (χ0n) is 22.5. The van der Waals surface area contributed by atoms with Crippen LogP contribution in [0.2, 0.25) is 0 Å². The van der Waals surface area contributed by atoms with Crippen LogP contribution in [0.1, 0.15) is 42.6 Å². The number of halogens is 2. The van der Waals surface area contributed by atoms with Gasteiger partial charge in [-0.2, -0.15) is 0 Å². The van der Waals surface area contributed by atoms with Crippen LogP contribution in [0.4, 0.5) is 19.6 Å². The number of esters is 1. The number of amides is 2. The number of methoxy groups -OCH3 is 1. The summed E-state index contributed by atoms with van der Waals surface area (Å²) in [6.45, 7) is 1.32. The van der Waals surface area contributed by atoms with Crippen LogP contribution in [-0.2, 0) is 21.6 Å². The van der Waals surface area contributed by atoms with Crippen molar-refractivity contribution in [1.82, 2.24) is 4.98 Å². The summed E-state index contributed by atoms with van der Waals surface area (Å²) in [7, 11) is 1.20. The Kier molecular flexibility index (Phi) is 5.82. The Bertz CT molecular complexity index is 2110. The van der Waals surface area contributed by atoms with Gasteiger partial charge in [0.15, 0.2) is 16.1 Å². The Labute approximate surface area is 245 Å². The molecule has 2 aliphatic rings. The number of anilines is 2. The number of hydrogen-bond acceptors (Lipinski definition) is 8. The number of rotatable bonds is 4. The smallest absolute Gasteiger partial charge is 0.350 e. The molecule has 2 aromatic heterocycles. The highest BCUT2D eigenvalue weighted by molar-refractivity contribution is 7.17. The van der Waals surface area contributed by atoms with Crippen molar-refractivity contribution in [2.45, 2.75) is 19.0 Å². The second-order valence-corrected chi connectivity index (χ2v) is 11.0. The average Bonchev–Trinajstić information content (AvgIpc) is 3.59. The number of para-hydroxylation sites is 1. The first-order valence-corrected chi connectivity index (χ1v) is 13.8. The highest BCUT2D eigenvalue weighted by Gasteiger charge is 2.66. The molecule has 0 radical (unpaired) electrons. The average molecular weight is 600 g/mol. The molecule has 4 heterocycles. The normalized spacial score (nSPS) is 17.2. The molecule has 7 rings (SSSR count). The number of ether oxygens (including phenoxy) is 1. The van der Waals surface area contributed by atoms with E-state index in [4.69, 9.17) is 9.15 Å². The SMILES string of the molecule is COC(=O)c1sc(N2C(=O)c3oc4ccc(F)cc4c(=O)c3C23C(=O)N(Cc2ccccc2F)c2ccccc23)nc1C. The van der Waals surface area contributed by atoms with Crippen LogP contribution < -0.4 is 15.2 Å². The fourth-order valence-electron chi connectivity index (χ4n) is 5.85. The van der Waals surface area contributed by atoms with Crippen LogP contribution in [0.25, 0.3) is 11.0 Å². The van der Waals surface area contributed by atoms with Gasteiger partial charge in [-0.1, -0.05) is 47.7 Å². The second kappa shape index (κ2) is 9.39. The lowest BCUT2D eigenvalue weighted by Gasteiger charge is -2.32. The van der Waals surface area contributed by atoms with Gasteiger partial charge in [-0.15, -0.1) is 0 Å². The van der Waals surface area contributed by atoms with Gasteiger partial charge in [0.2, 0.25) is 5.76 Å². The molecule has 0 bridgehead atoms. The van der Waals surface area contributed by atoms with Crippen LogP contribution in [-0.4, -0.2) is 29.9 Å². The molecule has 3 aromatic carbocycles. The summed E-state index contributed by atoms with van der Waals surface area (Å²) in [5.74, 6) is -4.00. The van der Waals surface area contributed by atoms with Gasteiger partial charge in [0.25, 0.3) is 11.8 Å². The van der Waals surface area contributed by atoms with Crippen molar-refractivity contribution < 1.29 is 32.3 Å². The summed E-state index contributed by atoms with van der Waals surface area (Å²) in [4.78, 5) is 62.8. The molecule has 5 aromatic rings. The molecule has 1 spiro atoms. The van der Waals surface area contributed by atoms with Gasteiger partial charge in [0, 0.05) is 11.1 Å². The summed E-state index contributed by atoms with van der Waals surface area (Å²) < 4.78 is 40.0. The zero-order valence-corrected chi connectivity index (χ0v) is 23.3. The Morgan fingerprint density at radius 2 is 1.79 bits per heavy atom. The van der Waals surface area contributed by atoms with E-state index in [1.54, 1.807) is 37.3 Å². The molecule has 0 fully saturated rings. The Morgan fingerprint density at radius 1 is 1.05 bits per heavy atom. The Morgan fingerprint density at radius 3 is 2.56 bits per heavy atom. The van der Waals surface area contributed by atoms with Crippen molar-refractivity contribution in [3.05, 3.63) is 122 Å². The number of carbonyl (C=O) groups is 3.